The zero-order valence-electron chi connectivity index (χ0n) is 23.7. The third kappa shape index (κ3) is 11.2. The number of benzene rings is 2. The molecule has 4 rings (SSSR count). The topological polar surface area (TPSA) is 184 Å². The molecular formula is C28H17Br2ClF8N6O4. The Bertz CT molecular complexity index is 1910. The number of carbonyl (C=O) groups is 4. The quantitative estimate of drug-likeness (QED) is 0.122. The molecule has 2 aromatic heterocycles. The standard InChI is InChI=1S/C14H8BrF4N3O2.C8H2BrClF4O.C6H7N3O/c15-8-2-1-7(14(17,18)19)11(16)10(8)13(24)22-6-3-4-21-9(5-6)12(20)23;9-4-2-1-3(8(12,13)14)6(11)5(4)7(10)15;7-4-1-2-9-5(3-4)6(8)10/h1-5H,(H2,20,23)(H,21,22,24);1-2H;1-3H,(H2,7,9)(H2,8,10). The number of primary amides is 2. The first-order chi connectivity index (χ1) is 22.6. The number of amides is 3. The van der Waals surface area contributed by atoms with Crippen molar-refractivity contribution in [2.24, 2.45) is 11.5 Å². The van der Waals surface area contributed by atoms with E-state index < -0.39 is 69.2 Å². The lowest BCUT2D eigenvalue weighted by molar-refractivity contribution is -0.140. The average Bonchev–Trinajstić information content (AvgIpc) is 2.96. The number of aromatic nitrogens is 2. The highest BCUT2D eigenvalue weighted by Crippen LogP contribution is 2.36. The summed E-state index contributed by atoms with van der Waals surface area (Å²) in [6, 6.07) is 8.29. The minimum absolute atomic E-state index is 0.0208. The van der Waals surface area contributed by atoms with Gasteiger partial charge in [0, 0.05) is 32.7 Å². The molecule has 21 heteroatoms. The molecule has 0 bridgehead atoms. The van der Waals surface area contributed by atoms with Gasteiger partial charge in [0.2, 0.25) is 0 Å². The van der Waals surface area contributed by atoms with Gasteiger partial charge >= 0.3 is 12.4 Å². The van der Waals surface area contributed by atoms with Crippen molar-refractivity contribution >= 4 is 77.8 Å². The lowest BCUT2D eigenvalue weighted by Crippen LogP contribution is -2.19. The lowest BCUT2D eigenvalue weighted by Gasteiger charge is -2.13. The van der Waals surface area contributed by atoms with Gasteiger partial charge in [-0.05, 0) is 92.0 Å². The highest BCUT2D eigenvalue weighted by atomic mass is 79.9. The minimum atomic E-state index is -4.95. The number of nitrogens with two attached hydrogens (primary N) is 3. The van der Waals surface area contributed by atoms with Crippen LogP contribution < -0.4 is 22.5 Å². The average molecular weight is 849 g/mol. The molecule has 2 aromatic carbocycles. The van der Waals surface area contributed by atoms with Gasteiger partial charge in [-0.3, -0.25) is 29.1 Å². The molecular weight excluding hydrogens is 832 g/mol. The molecule has 7 N–H and O–H groups in total. The molecule has 0 aliphatic heterocycles. The van der Waals surface area contributed by atoms with Crippen LogP contribution in [0.3, 0.4) is 0 Å². The summed E-state index contributed by atoms with van der Waals surface area (Å²) in [6.45, 7) is 0. The summed E-state index contributed by atoms with van der Waals surface area (Å²) >= 11 is 10.5. The molecule has 4 aromatic rings. The molecule has 0 saturated carbocycles. The molecule has 0 radical (unpaired) electrons. The molecule has 0 saturated heterocycles. The summed E-state index contributed by atoms with van der Waals surface area (Å²) < 4.78 is 102. The van der Waals surface area contributed by atoms with E-state index in [2.05, 4.69) is 47.1 Å². The van der Waals surface area contributed by atoms with Crippen molar-refractivity contribution in [1.82, 2.24) is 9.97 Å². The molecule has 0 unspecified atom stereocenters. The molecule has 0 spiro atoms. The Labute approximate surface area is 291 Å². The van der Waals surface area contributed by atoms with Gasteiger partial charge in [-0.15, -0.1) is 0 Å². The monoisotopic (exact) mass is 846 g/mol. The summed E-state index contributed by atoms with van der Waals surface area (Å²) in [4.78, 5) is 51.6. The lowest BCUT2D eigenvalue weighted by atomic mass is 10.1. The highest BCUT2D eigenvalue weighted by molar-refractivity contribution is 9.10. The molecule has 0 aliphatic rings. The predicted molar refractivity (Wildman–Crippen MR) is 166 cm³/mol. The van der Waals surface area contributed by atoms with E-state index in [4.69, 9.17) is 28.8 Å². The first-order valence-electron chi connectivity index (χ1n) is 12.4. The first kappa shape index (κ1) is 40.5. The van der Waals surface area contributed by atoms with Crippen molar-refractivity contribution in [3.8, 4) is 0 Å². The third-order valence-corrected chi connectivity index (χ3v) is 7.03. The van der Waals surface area contributed by atoms with E-state index in [1.54, 1.807) is 6.07 Å². The molecule has 2 heterocycles. The normalized spacial score (nSPS) is 10.9. The number of rotatable bonds is 5. The van der Waals surface area contributed by atoms with Crippen LogP contribution >= 0.6 is 43.5 Å². The molecule has 3 amide bonds. The number of anilines is 2. The summed E-state index contributed by atoms with van der Waals surface area (Å²) in [5.74, 6) is -5.94. The number of halogens is 11. The van der Waals surface area contributed by atoms with E-state index in [1.165, 1.54) is 18.3 Å². The fraction of sp³-hybridized carbons (Fsp3) is 0.0714. The Kier molecular flexibility index (Phi) is 13.7. The Hall–Kier alpha value is -4.69. The van der Waals surface area contributed by atoms with E-state index in [0.29, 0.717) is 17.8 Å². The van der Waals surface area contributed by atoms with Crippen molar-refractivity contribution in [1.29, 1.82) is 0 Å². The zero-order valence-corrected chi connectivity index (χ0v) is 27.6. The van der Waals surface area contributed by atoms with Gasteiger partial charge in [-0.1, -0.05) is 0 Å². The van der Waals surface area contributed by atoms with Crippen molar-refractivity contribution < 1.29 is 54.3 Å². The maximum atomic E-state index is 14.1. The van der Waals surface area contributed by atoms with Crippen molar-refractivity contribution in [3.05, 3.63) is 115 Å². The minimum Gasteiger partial charge on any atom is -0.399 e. The molecule has 260 valence electrons. The van der Waals surface area contributed by atoms with E-state index in [9.17, 15) is 54.3 Å². The van der Waals surface area contributed by atoms with Crippen LogP contribution in [0.15, 0.2) is 69.9 Å². The van der Waals surface area contributed by atoms with E-state index in [-0.39, 0.29) is 26.0 Å². The highest BCUT2D eigenvalue weighted by Gasteiger charge is 2.37. The van der Waals surface area contributed by atoms with Crippen molar-refractivity contribution in [3.63, 3.8) is 0 Å². The molecule has 0 aliphatic carbocycles. The SMILES string of the molecule is NC(=O)c1cc(N)ccn1.NC(=O)c1cc(NC(=O)c2c(Br)ccc(C(F)(F)F)c2F)ccn1.O=C(Cl)c1c(Br)ccc(C(F)(F)F)c1F. The van der Waals surface area contributed by atoms with Crippen LogP contribution in [0.2, 0.25) is 0 Å². The van der Waals surface area contributed by atoms with Gasteiger partial charge in [0.05, 0.1) is 22.3 Å². The van der Waals surface area contributed by atoms with Gasteiger partial charge in [-0.25, -0.2) is 8.78 Å². The number of hydrogen-bond acceptors (Lipinski definition) is 7. The zero-order chi connectivity index (χ0) is 37.4. The summed E-state index contributed by atoms with van der Waals surface area (Å²) in [5, 5.41) is 0.903. The van der Waals surface area contributed by atoms with Gasteiger partial charge in [0.25, 0.3) is 23.0 Å². The Morgan fingerprint density at radius 3 is 1.53 bits per heavy atom. The number of pyridine rings is 2. The van der Waals surface area contributed by atoms with Crippen LogP contribution in [0.4, 0.5) is 46.5 Å². The smallest absolute Gasteiger partial charge is 0.399 e. The van der Waals surface area contributed by atoms with Crippen molar-refractivity contribution in [2.45, 2.75) is 12.4 Å². The number of nitrogens with one attached hydrogen (secondary N) is 1. The number of alkyl halides is 6. The first-order valence-corrected chi connectivity index (χ1v) is 14.4. The van der Waals surface area contributed by atoms with E-state index >= 15 is 0 Å². The van der Waals surface area contributed by atoms with Crippen LogP contribution in [0.25, 0.3) is 0 Å². The third-order valence-electron chi connectivity index (χ3n) is 5.52. The van der Waals surface area contributed by atoms with Crippen LogP contribution in [0.5, 0.6) is 0 Å². The Morgan fingerprint density at radius 1 is 0.694 bits per heavy atom. The number of carbonyl (C=O) groups excluding carboxylic acids is 4. The maximum absolute atomic E-state index is 14.1. The fourth-order valence-corrected chi connectivity index (χ4v) is 4.62. The van der Waals surface area contributed by atoms with Gasteiger partial charge < -0.3 is 22.5 Å². The largest absolute Gasteiger partial charge is 0.419 e. The van der Waals surface area contributed by atoms with Gasteiger partial charge in [0.1, 0.15) is 23.0 Å². The number of hydrogen-bond donors (Lipinski definition) is 4. The second-order valence-electron chi connectivity index (χ2n) is 8.92. The summed E-state index contributed by atoms with van der Waals surface area (Å²) in [6.07, 6.45) is -7.20. The van der Waals surface area contributed by atoms with Gasteiger partial charge in [0.15, 0.2) is 0 Å². The number of nitrogen functional groups attached to an aromatic ring is 1. The molecule has 0 atom stereocenters. The van der Waals surface area contributed by atoms with Crippen molar-refractivity contribution in [2.75, 3.05) is 11.1 Å². The van der Waals surface area contributed by atoms with Crippen LogP contribution in [-0.4, -0.2) is 32.9 Å². The van der Waals surface area contributed by atoms with Gasteiger partial charge in [-0.2, -0.15) is 26.3 Å². The Morgan fingerprint density at radius 2 is 1.12 bits per heavy atom. The Balaban J connectivity index is 0.000000283. The predicted octanol–water partition coefficient (Wildman–Crippen LogP) is 7.10. The van der Waals surface area contributed by atoms with Crippen LogP contribution in [-0.2, 0) is 12.4 Å². The second-order valence-corrected chi connectivity index (χ2v) is 11.0. The van der Waals surface area contributed by atoms with E-state index in [1.807, 2.05) is 0 Å². The van der Waals surface area contributed by atoms with Crippen LogP contribution in [0, 0.1) is 11.6 Å². The summed E-state index contributed by atoms with van der Waals surface area (Å²) in [7, 11) is 0. The molecule has 49 heavy (non-hydrogen) atoms. The van der Waals surface area contributed by atoms with E-state index in [0.717, 1.165) is 24.4 Å². The number of nitrogens with zero attached hydrogens (tertiary/aromatic N) is 2. The fourth-order valence-electron chi connectivity index (χ4n) is 3.35. The summed E-state index contributed by atoms with van der Waals surface area (Å²) in [5.41, 5.74) is 11.1. The molecule has 0 fully saturated rings. The maximum Gasteiger partial charge on any atom is 0.419 e. The molecule has 10 nitrogen and oxygen atoms in total. The van der Waals surface area contributed by atoms with Crippen LogP contribution in [0.1, 0.15) is 52.8 Å². The second kappa shape index (κ2) is 16.6.